The van der Waals surface area contributed by atoms with Gasteiger partial charge in [0, 0.05) is 18.1 Å². The molecule has 152 valence electrons. The molecule has 1 aromatic rings. The summed E-state index contributed by atoms with van der Waals surface area (Å²) in [4.78, 5) is 0.270. The van der Waals surface area contributed by atoms with Crippen LogP contribution < -0.4 is 4.72 Å². The maximum Gasteiger partial charge on any atom is 0.243 e. The minimum Gasteiger partial charge on any atom is -0.208 e. The largest absolute Gasteiger partial charge is 0.243 e. The average molecular weight is 415 g/mol. The van der Waals surface area contributed by atoms with Gasteiger partial charge in [-0.05, 0) is 63.8 Å². The lowest BCUT2D eigenvalue weighted by Gasteiger charge is -2.37. The highest BCUT2D eigenvalue weighted by molar-refractivity contribution is 7.89. The molecule has 2 fully saturated rings. The van der Waals surface area contributed by atoms with Crippen molar-refractivity contribution in [3.8, 4) is 0 Å². The van der Waals surface area contributed by atoms with Gasteiger partial charge in [0.2, 0.25) is 20.0 Å². The topological polar surface area (TPSA) is 83.6 Å². The predicted molar refractivity (Wildman–Crippen MR) is 105 cm³/mol. The molecule has 1 aromatic carbocycles. The molecule has 27 heavy (non-hydrogen) atoms. The molecule has 0 amide bonds. The second-order valence-electron chi connectivity index (χ2n) is 7.89. The number of nitrogens with one attached hydrogen (secondary N) is 1. The van der Waals surface area contributed by atoms with Crippen LogP contribution in [0, 0.1) is 0 Å². The Morgan fingerprint density at radius 2 is 1.30 bits per heavy atom. The summed E-state index contributed by atoms with van der Waals surface area (Å²) in [5.41, 5.74) is 0. The van der Waals surface area contributed by atoms with Crippen LogP contribution in [0.4, 0.5) is 0 Å². The van der Waals surface area contributed by atoms with E-state index < -0.39 is 20.0 Å². The highest BCUT2D eigenvalue weighted by atomic mass is 32.2. The van der Waals surface area contributed by atoms with Gasteiger partial charge in [0.1, 0.15) is 0 Å². The van der Waals surface area contributed by atoms with Gasteiger partial charge in [-0.15, -0.1) is 0 Å². The van der Waals surface area contributed by atoms with Gasteiger partial charge in [0.25, 0.3) is 0 Å². The predicted octanol–water partition coefficient (Wildman–Crippen LogP) is 3.25. The lowest BCUT2D eigenvalue weighted by Crippen LogP contribution is -2.47. The highest BCUT2D eigenvalue weighted by Gasteiger charge is 2.35. The Morgan fingerprint density at radius 3 is 1.85 bits per heavy atom. The first-order chi connectivity index (χ1) is 12.7. The summed E-state index contributed by atoms with van der Waals surface area (Å²) in [6.45, 7) is 3.86. The molecule has 1 heterocycles. The van der Waals surface area contributed by atoms with Gasteiger partial charge in [-0.2, -0.15) is 4.31 Å². The summed E-state index contributed by atoms with van der Waals surface area (Å²) < 4.78 is 55.6. The van der Waals surface area contributed by atoms with Crippen molar-refractivity contribution in [1.82, 2.24) is 9.03 Å². The van der Waals surface area contributed by atoms with Crippen LogP contribution in [-0.2, 0) is 20.0 Å². The molecule has 1 saturated carbocycles. The molecule has 8 heteroatoms. The van der Waals surface area contributed by atoms with Gasteiger partial charge in [0.15, 0.2) is 0 Å². The third kappa shape index (κ3) is 4.55. The molecule has 0 unspecified atom stereocenters. The van der Waals surface area contributed by atoms with Gasteiger partial charge in [-0.3, -0.25) is 0 Å². The standard InChI is InChI=1S/C19H30N2O4S2/c1-15-7-6-8-16(2)21(15)27(24,25)19-13-11-18(12-14-19)26(22,23)20-17-9-4-3-5-10-17/h11-17,20H,3-10H2,1-2H3/t15-,16+. The Bertz CT molecular complexity index is 834. The zero-order valence-electron chi connectivity index (χ0n) is 16.1. The summed E-state index contributed by atoms with van der Waals surface area (Å²) in [6.07, 6.45) is 7.67. The van der Waals surface area contributed by atoms with E-state index in [2.05, 4.69) is 4.72 Å². The van der Waals surface area contributed by atoms with Crippen LogP contribution in [0.5, 0.6) is 0 Å². The van der Waals surface area contributed by atoms with Crippen molar-refractivity contribution in [3.63, 3.8) is 0 Å². The van der Waals surface area contributed by atoms with Crippen LogP contribution in [0.2, 0.25) is 0 Å². The van der Waals surface area contributed by atoms with Crippen LogP contribution in [-0.4, -0.2) is 39.3 Å². The fourth-order valence-corrected chi connectivity index (χ4v) is 7.48. The molecular formula is C19H30N2O4S2. The van der Waals surface area contributed by atoms with Crippen LogP contribution in [0.3, 0.4) is 0 Å². The van der Waals surface area contributed by atoms with E-state index in [0.717, 1.165) is 51.4 Å². The minimum atomic E-state index is -3.63. The third-order valence-electron chi connectivity index (χ3n) is 5.75. The molecule has 1 aliphatic heterocycles. The van der Waals surface area contributed by atoms with Crippen molar-refractivity contribution in [2.45, 2.75) is 93.1 Å². The fourth-order valence-electron chi connectivity index (χ4n) is 4.29. The van der Waals surface area contributed by atoms with Crippen molar-refractivity contribution in [2.24, 2.45) is 0 Å². The first-order valence-corrected chi connectivity index (χ1v) is 12.8. The van der Waals surface area contributed by atoms with Crippen molar-refractivity contribution in [1.29, 1.82) is 0 Å². The zero-order chi connectivity index (χ0) is 19.7. The van der Waals surface area contributed by atoms with Crippen molar-refractivity contribution in [2.75, 3.05) is 0 Å². The molecule has 6 nitrogen and oxygen atoms in total. The van der Waals surface area contributed by atoms with E-state index >= 15 is 0 Å². The molecule has 0 spiro atoms. The monoisotopic (exact) mass is 414 g/mol. The van der Waals surface area contributed by atoms with Gasteiger partial charge >= 0.3 is 0 Å². The van der Waals surface area contributed by atoms with Gasteiger partial charge in [-0.25, -0.2) is 21.6 Å². The van der Waals surface area contributed by atoms with E-state index in [1.165, 1.54) is 24.3 Å². The summed E-state index contributed by atoms with van der Waals surface area (Å²) in [5, 5.41) is 0. The molecular weight excluding hydrogens is 384 g/mol. The molecule has 0 radical (unpaired) electrons. The Balaban J connectivity index is 1.79. The number of nitrogens with zero attached hydrogens (tertiary/aromatic N) is 1. The summed E-state index contributed by atoms with van der Waals surface area (Å²) in [6, 6.07) is 5.51. The molecule has 3 rings (SSSR count). The SMILES string of the molecule is C[C@@H]1CCC[C@H](C)N1S(=O)(=O)c1ccc(S(=O)(=O)NC2CCCCC2)cc1. The summed E-state index contributed by atoms with van der Waals surface area (Å²) in [5.74, 6) is 0. The minimum absolute atomic E-state index is 0.0257. The third-order valence-corrected chi connectivity index (χ3v) is 9.43. The Hall–Kier alpha value is -0.960. The molecule has 1 saturated heterocycles. The number of rotatable bonds is 5. The highest BCUT2D eigenvalue weighted by Crippen LogP contribution is 2.30. The molecule has 2 atom stereocenters. The lowest BCUT2D eigenvalue weighted by atomic mass is 9.96. The van der Waals surface area contributed by atoms with Crippen LogP contribution in [0.15, 0.2) is 34.1 Å². The molecule has 0 bridgehead atoms. The number of hydrogen-bond donors (Lipinski definition) is 1. The second kappa shape index (κ2) is 8.19. The van der Waals surface area contributed by atoms with Crippen molar-refractivity contribution < 1.29 is 16.8 Å². The first kappa shape index (κ1) is 20.8. The zero-order valence-corrected chi connectivity index (χ0v) is 17.7. The van der Waals surface area contributed by atoms with E-state index in [1.807, 2.05) is 13.8 Å². The Kier molecular flexibility index (Phi) is 6.30. The molecule has 1 N–H and O–H groups in total. The van der Waals surface area contributed by atoms with Gasteiger partial charge in [0.05, 0.1) is 9.79 Å². The maximum absolute atomic E-state index is 13.0. The van der Waals surface area contributed by atoms with E-state index in [9.17, 15) is 16.8 Å². The number of hydrogen-bond acceptors (Lipinski definition) is 4. The summed E-state index contributed by atoms with van der Waals surface area (Å²) >= 11 is 0. The van der Waals surface area contributed by atoms with Gasteiger partial charge in [-0.1, -0.05) is 25.7 Å². The summed E-state index contributed by atoms with van der Waals surface area (Å²) in [7, 11) is -7.26. The smallest absolute Gasteiger partial charge is 0.208 e. The fraction of sp³-hybridized carbons (Fsp3) is 0.684. The van der Waals surface area contributed by atoms with Crippen LogP contribution in [0.1, 0.15) is 65.2 Å². The number of sulfonamides is 2. The lowest BCUT2D eigenvalue weighted by molar-refractivity contribution is 0.204. The number of benzene rings is 1. The van der Waals surface area contributed by atoms with Crippen molar-refractivity contribution in [3.05, 3.63) is 24.3 Å². The van der Waals surface area contributed by atoms with E-state index in [4.69, 9.17) is 0 Å². The van der Waals surface area contributed by atoms with E-state index in [-0.39, 0.29) is 27.9 Å². The normalized spacial score (nSPS) is 26.1. The second-order valence-corrected chi connectivity index (χ2v) is 11.4. The first-order valence-electron chi connectivity index (χ1n) is 9.88. The van der Waals surface area contributed by atoms with E-state index in [0.29, 0.717) is 0 Å². The molecule has 2 aliphatic rings. The van der Waals surface area contributed by atoms with Crippen LogP contribution >= 0.6 is 0 Å². The Morgan fingerprint density at radius 1 is 0.778 bits per heavy atom. The van der Waals surface area contributed by atoms with Gasteiger partial charge < -0.3 is 0 Å². The molecule has 0 aromatic heterocycles. The molecule has 1 aliphatic carbocycles. The maximum atomic E-state index is 13.0. The average Bonchev–Trinajstić information content (AvgIpc) is 2.62. The number of piperidine rings is 1. The van der Waals surface area contributed by atoms with Crippen molar-refractivity contribution >= 4 is 20.0 Å². The quantitative estimate of drug-likeness (QED) is 0.802. The van der Waals surface area contributed by atoms with E-state index in [1.54, 1.807) is 4.31 Å². The Labute approximate surface area is 163 Å². The van der Waals surface area contributed by atoms with Crippen LogP contribution in [0.25, 0.3) is 0 Å².